The van der Waals surface area contributed by atoms with Crippen molar-refractivity contribution in [2.75, 3.05) is 28.6 Å². The number of carbonyl (C=O) groups excluding carboxylic acids is 2. The van der Waals surface area contributed by atoms with Crippen LogP contribution in [0.15, 0.2) is 56.2 Å². The zero-order chi connectivity index (χ0) is 26.5. The first-order valence-corrected chi connectivity index (χ1v) is 12.5. The summed E-state index contributed by atoms with van der Waals surface area (Å²) in [5, 5.41) is 23.3. The number of benzene rings is 1. The summed E-state index contributed by atoms with van der Waals surface area (Å²) in [6, 6.07) is 10.5. The minimum absolute atomic E-state index is 0.0227. The van der Waals surface area contributed by atoms with Crippen LogP contribution in [0.1, 0.15) is 33.9 Å². The number of nitrogens with zero attached hydrogens (tertiary/aromatic N) is 5. The van der Waals surface area contributed by atoms with Crippen molar-refractivity contribution in [3.8, 4) is 0 Å². The third-order valence-corrected chi connectivity index (χ3v) is 6.54. The molecular formula is C24H23N7O6S. The van der Waals surface area contributed by atoms with Crippen LogP contribution in [-0.4, -0.2) is 51.4 Å². The lowest BCUT2D eigenvalue weighted by Crippen LogP contribution is -2.26. The first-order valence-electron chi connectivity index (χ1n) is 11.7. The topological polar surface area (TPSA) is 166 Å². The SMILES string of the molecule is Cc1oc(=O)oc1COC(=O)c1cccc(CC(=O)Nc2nnc(N[C@@H]3CCN(c4cccnn4)C3)s2)c1. The van der Waals surface area contributed by atoms with Crippen molar-refractivity contribution < 1.29 is 23.2 Å². The summed E-state index contributed by atoms with van der Waals surface area (Å²) in [6.07, 6.45) is 2.58. The average Bonchev–Trinajstić information content (AvgIpc) is 3.64. The second-order valence-electron chi connectivity index (χ2n) is 8.51. The van der Waals surface area contributed by atoms with Gasteiger partial charge in [-0.15, -0.1) is 15.3 Å². The number of hydrogen-bond acceptors (Lipinski definition) is 13. The van der Waals surface area contributed by atoms with E-state index < -0.39 is 11.8 Å². The number of esters is 1. The summed E-state index contributed by atoms with van der Waals surface area (Å²) < 4.78 is 14.8. The standard InChI is InChI=1S/C24H23N7O6S/c1-14-18(37-24(34)36-14)13-35-21(33)16-5-2-4-15(10-16)11-20(32)27-23-30-29-22(38-23)26-17-7-9-31(12-17)19-6-3-8-25-28-19/h2-6,8,10,17H,7,9,11-13H2,1H3,(H,26,29)(H,27,30,32)/t17-/m1/s1. The first kappa shape index (κ1) is 25.1. The Morgan fingerprint density at radius 1 is 1.16 bits per heavy atom. The van der Waals surface area contributed by atoms with Gasteiger partial charge in [-0.25, -0.2) is 9.59 Å². The summed E-state index contributed by atoms with van der Waals surface area (Å²) in [4.78, 5) is 38.3. The molecule has 0 aliphatic carbocycles. The van der Waals surface area contributed by atoms with E-state index in [1.165, 1.54) is 18.3 Å². The first-order chi connectivity index (χ1) is 18.4. The molecule has 1 fully saturated rings. The van der Waals surface area contributed by atoms with Crippen molar-refractivity contribution in [1.29, 1.82) is 0 Å². The van der Waals surface area contributed by atoms with E-state index in [0.29, 0.717) is 15.8 Å². The molecule has 0 radical (unpaired) electrons. The molecule has 1 aliphatic rings. The van der Waals surface area contributed by atoms with E-state index in [-0.39, 0.29) is 42.1 Å². The predicted octanol–water partition coefficient (Wildman–Crippen LogP) is 2.41. The lowest BCUT2D eigenvalue weighted by Gasteiger charge is -2.16. The van der Waals surface area contributed by atoms with Crippen LogP contribution in [0.3, 0.4) is 0 Å². The van der Waals surface area contributed by atoms with Gasteiger partial charge in [0.25, 0.3) is 0 Å². The second kappa shape index (κ2) is 11.2. The van der Waals surface area contributed by atoms with E-state index in [9.17, 15) is 14.4 Å². The molecule has 3 aromatic heterocycles. The van der Waals surface area contributed by atoms with Crippen LogP contribution in [0.5, 0.6) is 0 Å². The number of aryl methyl sites for hydroxylation is 1. The number of amides is 1. The maximum absolute atomic E-state index is 12.6. The number of nitrogens with one attached hydrogen (secondary N) is 2. The fraction of sp³-hybridized carbons (Fsp3) is 0.292. The van der Waals surface area contributed by atoms with Crippen molar-refractivity contribution in [3.63, 3.8) is 0 Å². The van der Waals surface area contributed by atoms with Gasteiger partial charge in [0.05, 0.1) is 12.0 Å². The highest BCUT2D eigenvalue weighted by molar-refractivity contribution is 7.19. The number of aromatic nitrogens is 4. The van der Waals surface area contributed by atoms with Crippen LogP contribution < -0.4 is 21.4 Å². The zero-order valence-electron chi connectivity index (χ0n) is 20.2. The Labute approximate surface area is 219 Å². The van der Waals surface area contributed by atoms with Crippen LogP contribution >= 0.6 is 11.3 Å². The van der Waals surface area contributed by atoms with Gasteiger partial charge < -0.3 is 29.1 Å². The number of hydrogen-bond donors (Lipinski definition) is 2. The predicted molar refractivity (Wildman–Crippen MR) is 136 cm³/mol. The number of anilines is 3. The monoisotopic (exact) mass is 537 g/mol. The van der Waals surface area contributed by atoms with E-state index in [1.807, 2.05) is 12.1 Å². The molecule has 4 aromatic rings. The summed E-state index contributed by atoms with van der Waals surface area (Å²) in [5.74, 6) is -0.566. The van der Waals surface area contributed by atoms with Crippen molar-refractivity contribution in [1.82, 2.24) is 20.4 Å². The van der Waals surface area contributed by atoms with Gasteiger partial charge in [0, 0.05) is 25.3 Å². The van der Waals surface area contributed by atoms with E-state index in [0.717, 1.165) is 25.3 Å². The van der Waals surface area contributed by atoms with Crippen LogP contribution in [0.2, 0.25) is 0 Å². The van der Waals surface area contributed by atoms with Crippen molar-refractivity contribution in [2.24, 2.45) is 0 Å². The molecule has 1 aromatic carbocycles. The molecule has 5 rings (SSSR count). The minimum Gasteiger partial charge on any atom is -0.454 e. The minimum atomic E-state index is -0.858. The molecule has 13 nitrogen and oxygen atoms in total. The lowest BCUT2D eigenvalue weighted by molar-refractivity contribution is -0.115. The highest BCUT2D eigenvalue weighted by Gasteiger charge is 2.24. The van der Waals surface area contributed by atoms with Crippen molar-refractivity contribution in [2.45, 2.75) is 32.4 Å². The quantitative estimate of drug-likeness (QED) is 0.300. The maximum atomic E-state index is 12.6. The Morgan fingerprint density at radius 3 is 2.82 bits per heavy atom. The van der Waals surface area contributed by atoms with E-state index >= 15 is 0 Å². The third kappa shape index (κ3) is 6.21. The molecule has 1 atom stereocenters. The fourth-order valence-corrected chi connectivity index (χ4v) is 4.67. The summed E-state index contributed by atoms with van der Waals surface area (Å²) >= 11 is 1.25. The van der Waals surface area contributed by atoms with Gasteiger partial charge in [-0.2, -0.15) is 5.10 Å². The Balaban J connectivity index is 1.11. The van der Waals surface area contributed by atoms with Crippen LogP contribution in [0.25, 0.3) is 0 Å². The molecule has 1 saturated heterocycles. The molecule has 0 spiro atoms. The molecule has 4 heterocycles. The maximum Gasteiger partial charge on any atom is 0.519 e. The molecule has 196 valence electrons. The van der Waals surface area contributed by atoms with Gasteiger partial charge in [0.1, 0.15) is 0 Å². The summed E-state index contributed by atoms with van der Waals surface area (Å²) in [5.41, 5.74) is 0.870. The van der Waals surface area contributed by atoms with Crippen LogP contribution in [-0.2, 0) is 22.6 Å². The molecule has 2 N–H and O–H groups in total. The van der Waals surface area contributed by atoms with Crippen LogP contribution in [0.4, 0.5) is 16.1 Å². The molecular weight excluding hydrogens is 514 g/mol. The molecule has 1 amide bonds. The normalized spacial score (nSPS) is 14.9. The number of carbonyl (C=O) groups is 2. The van der Waals surface area contributed by atoms with E-state index in [4.69, 9.17) is 13.6 Å². The molecule has 38 heavy (non-hydrogen) atoms. The molecule has 0 unspecified atom stereocenters. The Hall–Kier alpha value is -4.59. The van der Waals surface area contributed by atoms with Crippen LogP contribution in [0, 0.1) is 6.92 Å². The lowest BCUT2D eigenvalue weighted by atomic mass is 10.1. The van der Waals surface area contributed by atoms with Gasteiger partial charge in [-0.05, 0) is 43.2 Å². The van der Waals surface area contributed by atoms with Gasteiger partial charge in [0.2, 0.25) is 16.2 Å². The summed E-state index contributed by atoms with van der Waals surface area (Å²) in [7, 11) is 0. The second-order valence-corrected chi connectivity index (χ2v) is 9.48. The molecule has 0 saturated carbocycles. The zero-order valence-corrected chi connectivity index (χ0v) is 21.1. The largest absolute Gasteiger partial charge is 0.519 e. The Bertz CT molecular complexity index is 1480. The number of rotatable bonds is 9. The highest BCUT2D eigenvalue weighted by atomic mass is 32.1. The van der Waals surface area contributed by atoms with Gasteiger partial charge in [-0.1, -0.05) is 23.5 Å². The van der Waals surface area contributed by atoms with Gasteiger partial charge >= 0.3 is 11.8 Å². The number of ether oxygens (including phenoxy) is 1. The summed E-state index contributed by atoms with van der Waals surface area (Å²) in [6.45, 7) is 2.90. The van der Waals surface area contributed by atoms with E-state index in [2.05, 4.69) is 35.9 Å². The molecule has 0 bridgehead atoms. The Morgan fingerprint density at radius 2 is 2.03 bits per heavy atom. The Kier molecular flexibility index (Phi) is 7.40. The third-order valence-electron chi connectivity index (χ3n) is 5.77. The average molecular weight is 538 g/mol. The highest BCUT2D eigenvalue weighted by Crippen LogP contribution is 2.24. The van der Waals surface area contributed by atoms with Crippen molar-refractivity contribution in [3.05, 3.63) is 75.9 Å². The van der Waals surface area contributed by atoms with E-state index in [1.54, 1.807) is 30.5 Å². The van der Waals surface area contributed by atoms with Gasteiger partial charge in [-0.3, -0.25) is 4.79 Å². The van der Waals surface area contributed by atoms with Gasteiger partial charge in [0.15, 0.2) is 23.9 Å². The van der Waals surface area contributed by atoms with Crippen molar-refractivity contribution >= 4 is 39.3 Å². The molecule has 1 aliphatic heterocycles. The molecule has 14 heteroatoms. The fourth-order valence-electron chi connectivity index (χ4n) is 3.93. The smallest absolute Gasteiger partial charge is 0.454 e.